The number of amides is 1. The van der Waals surface area contributed by atoms with Gasteiger partial charge in [0.2, 0.25) is 5.91 Å². The molecule has 1 amide bonds. The van der Waals surface area contributed by atoms with E-state index in [9.17, 15) is 15.0 Å². The van der Waals surface area contributed by atoms with Crippen LogP contribution in [0.25, 0.3) is 0 Å². The highest BCUT2D eigenvalue weighted by Gasteiger charge is 2.45. The molecule has 32 heavy (non-hydrogen) atoms. The van der Waals surface area contributed by atoms with Crippen molar-refractivity contribution in [3.63, 3.8) is 0 Å². The van der Waals surface area contributed by atoms with Crippen LogP contribution in [0.15, 0.2) is 48.3 Å². The molecule has 1 heterocycles. The van der Waals surface area contributed by atoms with Crippen LogP contribution in [0.3, 0.4) is 0 Å². The smallest absolute Gasteiger partial charge is 0.220 e. The van der Waals surface area contributed by atoms with E-state index < -0.39 is 0 Å². The van der Waals surface area contributed by atoms with Gasteiger partial charge in [-0.3, -0.25) is 9.78 Å². The molecule has 0 unspecified atom stereocenters. The van der Waals surface area contributed by atoms with Crippen LogP contribution < -0.4 is 5.32 Å². The lowest BCUT2D eigenvalue weighted by Gasteiger charge is -2.19. The molecule has 0 aliphatic heterocycles. The Hall–Kier alpha value is -1.98. The number of fused-ring (bicyclic) bond motifs is 1. The average molecular weight is 439 g/mol. The summed E-state index contributed by atoms with van der Waals surface area (Å²) in [6, 6.07) is 3.83. The first kappa shape index (κ1) is 23.2. The fourth-order valence-electron chi connectivity index (χ4n) is 6.00. The molecule has 0 bridgehead atoms. The first-order valence-corrected chi connectivity index (χ1v) is 12.5. The zero-order valence-electron chi connectivity index (χ0n) is 19.0. The lowest BCUT2D eigenvalue weighted by molar-refractivity contribution is -0.121. The number of nitrogens with one attached hydrogen (secondary N) is 1. The third-order valence-corrected chi connectivity index (χ3v) is 7.80. The Bertz CT molecular complexity index is 800. The van der Waals surface area contributed by atoms with Crippen molar-refractivity contribution >= 4 is 5.91 Å². The Morgan fingerprint density at radius 3 is 2.78 bits per heavy atom. The van der Waals surface area contributed by atoms with E-state index in [1.165, 1.54) is 18.4 Å². The Labute approximate surface area is 192 Å². The average Bonchev–Trinajstić information content (AvgIpc) is 3.52. The minimum atomic E-state index is -0.357. The van der Waals surface area contributed by atoms with Gasteiger partial charge in [0.15, 0.2) is 0 Å². The van der Waals surface area contributed by atoms with E-state index in [0.717, 1.165) is 50.5 Å². The number of carbonyl (C=O) groups is 1. The number of hydrogen-bond donors (Lipinski definition) is 3. The molecule has 5 heteroatoms. The van der Waals surface area contributed by atoms with Crippen molar-refractivity contribution in [2.24, 2.45) is 23.7 Å². The van der Waals surface area contributed by atoms with Gasteiger partial charge < -0.3 is 15.5 Å². The minimum Gasteiger partial charge on any atom is -0.392 e. The summed E-state index contributed by atoms with van der Waals surface area (Å²) in [4.78, 5) is 16.1. The fourth-order valence-corrected chi connectivity index (χ4v) is 6.00. The summed E-state index contributed by atoms with van der Waals surface area (Å²) in [6.07, 6.45) is 19.3. The number of hydrogen-bond acceptors (Lipinski definition) is 4. The molecular formula is C27H38N2O3. The van der Waals surface area contributed by atoms with Gasteiger partial charge in [0.1, 0.15) is 0 Å². The van der Waals surface area contributed by atoms with Crippen LogP contribution in [0.4, 0.5) is 0 Å². The van der Waals surface area contributed by atoms with E-state index in [4.69, 9.17) is 0 Å². The molecule has 1 aromatic heterocycles. The van der Waals surface area contributed by atoms with Crippen molar-refractivity contribution < 1.29 is 15.0 Å². The normalized spacial score (nSPS) is 30.2. The molecule has 0 saturated heterocycles. The number of rotatable bonds is 9. The fraction of sp³-hybridized carbons (Fsp3) is 0.630. The number of allylic oxidation sites excluding steroid dienone is 2. The second kappa shape index (κ2) is 11.2. The SMILES string of the molecule is O=C(CCC/C=C1\C[C@H]2C[C@@H](O)[C@H](/C=C/[C@@H](O)C3CCCC3)[C@H]2C1)NCc1ccncc1. The molecule has 5 nitrogen and oxygen atoms in total. The van der Waals surface area contributed by atoms with Gasteiger partial charge in [-0.25, -0.2) is 0 Å². The van der Waals surface area contributed by atoms with Crippen molar-refractivity contribution in [2.75, 3.05) is 0 Å². The molecule has 1 aromatic rings. The summed E-state index contributed by atoms with van der Waals surface area (Å²) in [5.41, 5.74) is 2.55. The number of nitrogens with zero attached hydrogens (tertiary/aromatic N) is 1. The number of pyridine rings is 1. The topological polar surface area (TPSA) is 82.5 Å². The second-order valence-electron chi connectivity index (χ2n) is 10.0. The molecular weight excluding hydrogens is 400 g/mol. The van der Waals surface area contributed by atoms with Crippen molar-refractivity contribution in [2.45, 2.75) is 83.0 Å². The van der Waals surface area contributed by atoms with Crippen LogP contribution in [0.1, 0.15) is 69.8 Å². The van der Waals surface area contributed by atoms with Gasteiger partial charge >= 0.3 is 0 Å². The van der Waals surface area contributed by atoms with Gasteiger partial charge in [0.05, 0.1) is 12.2 Å². The van der Waals surface area contributed by atoms with Crippen molar-refractivity contribution in [3.05, 3.63) is 53.9 Å². The van der Waals surface area contributed by atoms with Gasteiger partial charge in [0.25, 0.3) is 0 Å². The first-order chi connectivity index (χ1) is 15.6. The van der Waals surface area contributed by atoms with Crippen LogP contribution in [0, 0.1) is 23.7 Å². The largest absolute Gasteiger partial charge is 0.392 e. The van der Waals surface area contributed by atoms with Gasteiger partial charge in [-0.2, -0.15) is 0 Å². The highest BCUT2D eigenvalue weighted by Crippen LogP contribution is 2.50. The molecule has 4 rings (SSSR count). The maximum atomic E-state index is 12.1. The van der Waals surface area contributed by atoms with E-state index >= 15 is 0 Å². The van der Waals surface area contributed by atoms with Crippen LogP contribution in [0.2, 0.25) is 0 Å². The molecule has 0 spiro atoms. The van der Waals surface area contributed by atoms with E-state index in [2.05, 4.69) is 22.5 Å². The lowest BCUT2D eigenvalue weighted by atomic mass is 9.89. The summed E-state index contributed by atoms with van der Waals surface area (Å²) in [5.74, 6) is 1.71. The molecule has 174 valence electrons. The van der Waals surface area contributed by atoms with E-state index in [0.29, 0.717) is 30.7 Å². The molecule has 5 atom stereocenters. The second-order valence-corrected chi connectivity index (χ2v) is 10.0. The summed E-state index contributed by atoms with van der Waals surface area (Å²) < 4.78 is 0. The maximum absolute atomic E-state index is 12.1. The molecule has 3 N–H and O–H groups in total. The van der Waals surface area contributed by atoms with Gasteiger partial charge in [-0.05, 0) is 80.4 Å². The van der Waals surface area contributed by atoms with Crippen LogP contribution >= 0.6 is 0 Å². The third kappa shape index (κ3) is 6.08. The standard InChI is InChI=1S/C27H38N2O3/c30-25(21-6-2-3-7-21)10-9-23-24-16-20(15-22(24)17-26(23)31)5-1-4-8-27(32)29-18-19-11-13-28-14-12-19/h5,9-14,21-26,30-31H,1-4,6-8,15-18H2,(H,29,32)/b10-9+,20-5+/t22-,23+,24-,25+,26+/m0/s1. The van der Waals surface area contributed by atoms with Crippen molar-refractivity contribution in [3.8, 4) is 0 Å². The molecule has 3 aliphatic carbocycles. The summed E-state index contributed by atoms with van der Waals surface area (Å²) in [6.45, 7) is 0.554. The monoisotopic (exact) mass is 438 g/mol. The van der Waals surface area contributed by atoms with E-state index in [-0.39, 0.29) is 24.0 Å². The third-order valence-electron chi connectivity index (χ3n) is 7.80. The predicted octanol–water partition coefficient (Wildman–Crippen LogP) is 4.31. The lowest BCUT2D eigenvalue weighted by Crippen LogP contribution is -2.22. The van der Waals surface area contributed by atoms with Crippen LogP contribution in [-0.4, -0.2) is 33.3 Å². The van der Waals surface area contributed by atoms with Crippen LogP contribution in [-0.2, 0) is 11.3 Å². The Kier molecular flexibility index (Phi) is 8.15. The maximum Gasteiger partial charge on any atom is 0.220 e. The van der Waals surface area contributed by atoms with Gasteiger partial charge in [0, 0.05) is 31.3 Å². The quantitative estimate of drug-likeness (QED) is 0.396. The molecule has 3 fully saturated rings. The minimum absolute atomic E-state index is 0.0950. The van der Waals surface area contributed by atoms with Crippen molar-refractivity contribution in [1.82, 2.24) is 10.3 Å². The molecule has 3 saturated carbocycles. The summed E-state index contributed by atoms with van der Waals surface area (Å²) in [7, 11) is 0. The molecule has 0 aromatic carbocycles. The van der Waals surface area contributed by atoms with E-state index in [1.54, 1.807) is 12.4 Å². The molecule has 0 radical (unpaired) electrons. The predicted molar refractivity (Wildman–Crippen MR) is 125 cm³/mol. The Balaban J connectivity index is 1.19. The Morgan fingerprint density at radius 1 is 1.22 bits per heavy atom. The number of aromatic nitrogens is 1. The highest BCUT2D eigenvalue weighted by molar-refractivity contribution is 5.75. The number of carbonyl (C=O) groups excluding carboxylic acids is 1. The van der Waals surface area contributed by atoms with Crippen LogP contribution in [0.5, 0.6) is 0 Å². The van der Waals surface area contributed by atoms with Gasteiger partial charge in [-0.1, -0.05) is 36.6 Å². The zero-order valence-corrected chi connectivity index (χ0v) is 19.0. The Morgan fingerprint density at radius 2 is 2.00 bits per heavy atom. The number of aliphatic hydroxyl groups excluding tert-OH is 2. The highest BCUT2D eigenvalue weighted by atomic mass is 16.3. The molecule has 3 aliphatic rings. The summed E-state index contributed by atoms with van der Waals surface area (Å²) in [5, 5.41) is 24.0. The van der Waals surface area contributed by atoms with Gasteiger partial charge in [-0.15, -0.1) is 0 Å². The summed E-state index contributed by atoms with van der Waals surface area (Å²) >= 11 is 0. The first-order valence-electron chi connectivity index (χ1n) is 12.5. The number of aliphatic hydroxyl groups is 2. The number of unbranched alkanes of at least 4 members (excludes halogenated alkanes) is 1. The van der Waals surface area contributed by atoms with E-state index in [1.807, 2.05) is 18.2 Å². The zero-order chi connectivity index (χ0) is 22.3. The van der Waals surface area contributed by atoms with Crippen molar-refractivity contribution in [1.29, 1.82) is 0 Å².